The van der Waals surface area contributed by atoms with E-state index in [9.17, 15) is 0 Å². The number of pyridine rings is 1. The van der Waals surface area contributed by atoms with E-state index in [4.69, 9.17) is 12.2 Å². The first kappa shape index (κ1) is 10.1. The fourth-order valence-electron chi connectivity index (χ4n) is 1.52. The van der Waals surface area contributed by atoms with Crippen LogP contribution in [0.3, 0.4) is 0 Å². The van der Waals surface area contributed by atoms with Crippen LogP contribution in [0.5, 0.6) is 0 Å². The van der Waals surface area contributed by atoms with E-state index in [0.717, 1.165) is 11.1 Å². The van der Waals surface area contributed by atoms with Gasteiger partial charge in [-0.2, -0.15) is 0 Å². The maximum Gasteiger partial charge on any atom is 0.106 e. The second kappa shape index (κ2) is 4.41. The van der Waals surface area contributed by atoms with Crippen LogP contribution in [0.4, 0.5) is 0 Å². The SMILES string of the molecule is Cc1ccc(Cc2ccc[nH]c2=S)cc1. The lowest BCUT2D eigenvalue weighted by Gasteiger charge is -2.02. The molecule has 0 saturated carbocycles. The van der Waals surface area contributed by atoms with Gasteiger partial charge in [0.05, 0.1) is 0 Å². The molecule has 1 heterocycles. The maximum atomic E-state index is 5.22. The molecule has 0 amide bonds. The molecule has 15 heavy (non-hydrogen) atoms. The quantitative estimate of drug-likeness (QED) is 0.756. The van der Waals surface area contributed by atoms with E-state index in [-0.39, 0.29) is 0 Å². The number of hydrogen-bond donors (Lipinski definition) is 1. The van der Waals surface area contributed by atoms with Crippen molar-refractivity contribution in [1.82, 2.24) is 4.98 Å². The third-order valence-electron chi connectivity index (χ3n) is 2.41. The van der Waals surface area contributed by atoms with E-state index in [0.29, 0.717) is 0 Å². The molecule has 0 radical (unpaired) electrons. The Balaban J connectivity index is 2.26. The molecule has 1 nitrogen and oxygen atoms in total. The Hall–Kier alpha value is -1.41. The lowest BCUT2D eigenvalue weighted by Crippen LogP contribution is -1.90. The molecule has 0 saturated heterocycles. The van der Waals surface area contributed by atoms with Gasteiger partial charge < -0.3 is 4.98 Å². The van der Waals surface area contributed by atoms with Gasteiger partial charge >= 0.3 is 0 Å². The first-order chi connectivity index (χ1) is 7.25. The summed E-state index contributed by atoms with van der Waals surface area (Å²) in [5.74, 6) is 0. The molecule has 0 aliphatic heterocycles. The molecule has 1 aromatic carbocycles. The summed E-state index contributed by atoms with van der Waals surface area (Å²) in [5.41, 5.74) is 3.76. The van der Waals surface area contributed by atoms with Crippen LogP contribution >= 0.6 is 12.2 Å². The van der Waals surface area contributed by atoms with Gasteiger partial charge in [-0.15, -0.1) is 0 Å². The summed E-state index contributed by atoms with van der Waals surface area (Å²) < 4.78 is 0.832. The number of aromatic amines is 1. The van der Waals surface area contributed by atoms with Gasteiger partial charge in [-0.1, -0.05) is 48.1 Å². The molecule has 0 spiro atoms. The van der Waals surface area contributed by atoms with Crippen LogP contribution in [-0.2, 0) is 6.42 Å². The van der Waals surface area contributed by atoms with Crippen molar-refractivity contribution in [2.45, 2.75) is 13.3 Å². The molecule has 0 aliphatic carbocycles. The number of nitrogens with one attached hydrogen (secondary N) is 1. The standard InChI is InChI=1S/C13H13NS/c1-10-4-6-11(7-5-10)9-12-3-2-8-14-13(12)15/h2-8H,9H2,1H3,(H,14,15). The van der Waals surface area contributed by atoms with Crippen LogP contribution in [0.15, 0.2) is 42.6 Å². The minimum Gasteiger partial charge on any atom is -0.353 e. The van der Waals surface area contributed by atoms with E-state index in [1.165, 1.54) is 16.7 Å². The van der Waals surface area contributed by atoms with Crippen LogP contribution in [0.2, 0.25) is 0 Å². The molecule has 0 fully saturated rings. The summed E-state index contributed by atoms with van der Waals surface area (Å²) in [5, 5.41) is 0. The van der Waals surface area contributed by atoms with Crippen LogP contribution in [0.25, 0.3) is 0 Å². The number of rotatable bonds is 2. The molecule has 0 aliphatic rings. The van der Waals surface area contributed by atoms with E-state index in [1.807, 2.05) is 12.3 Å². The zero-order valence-electron chi connectivity index (χ0n) is 8.66. The van der Waals surface area contributed by atoms with Crippen molar-refractivity contribution in [1.29, 1.82) is 0 Å². The minimum atomic E-state index is 0.832. The number of aryl methyl sites for hydroxylation is 1. The Bertz CT molecular complexity index is 496. The molecule has 0 bridgehead atoms. The molecular formula is C13H13NS. The normalized spacial score (nSPS) is 10.2. The largest absolute Gasteiger partial charge is 0.353 e. The smallest absolute Gasteiger partial charge is 0.106 e. The van der Waals surface area contributed by atoms with Gasteiger partial charge in [-0.25, -0.2) is 0 Å². The summed E-state index contributed by atoms with van der Waals surface area (Å²) in [6.45, 7) is 2.10. The number of benzene rings is 1. The Morgan fingerprint density at radius 1 is 1.13 bits per heavy atom. The molecule has 1 aromatic heterocycles. The van der Waals surface area contributed by atoms with Crippen LogP contribution in [0.1, 0.15) is 16.7 Å². The molecule has 0 unspecified atom stereocenters. The van der Waals surface area contributed by atoms with E-state index in [2.05, 4.69) is 42.2 Å². The predicted molar refractivity (Wildman–Crippen MR) is 65.6 cm³/mol. The summed E-state index contributed by atoms with van der Waals surface area (Å²) in [6.07, 6.45) is 2.76. The molecule has 1 N–H and O–H groups in total. The fraction of sp³-hybridized carbons (Fsp3) is 0.154. The minimum absolute atomic E-state index is 0.832. The van der Waals surface area contributed by atoms with Crippen molar-refractivity contribution in [2.24, 2.45) is 0 Å². The summed E-state index contributed by atoms with van der Waals surface area (Å²) in [7, 11) is 0. The van der Waals surface area contributed by atoms with Crippen molar-refractivity contribution in [2.75, 3.05) is 0 Å². The maximum absolute atomic E-state index is 5.22. The second-order valence-electron chi connectivity index (χ2n) is 3.69. The first-order valence-corrected chi connectivity index (χ1v) is 5.38. The summed E-state index contributed by atoms with van der Waals surface area (Å²) in [6, 6.07) is 12.6. The van der Waals surface area contributed by atoms with Crippen molar-refractivity contribution in [3.63, 3.8) is 0 Å². The summed E-state index contributed by atoms with van der Waals surface area (Å²) >= 11 is 5.22. The predicted octanol–water partition coefficient (Wildman–Crippen LogP) is 3.64. The van der Waals surface area contributed by atoms with Gasteiger partial charge in [0.1, 0.15) is 4.64 Å². The average Bonchev–Trinajstić information content (AvgIpc) is 2.25. The van der Waals surface area contributed by atoms with Crippen molar-refractivity contribution < 1.29 is 0 Å². The molecule has 2 heteroatoms. The van der Waals surface area contributed by atoms with Gasteiger partial charge in [-0.05, 0) is 24.1 Å². The third kappa shape index (κ3) is 2.54. The van der Waals surface area contributed by atoms with E-state index >= 15 is 0 Å². The topological polar surface area (TPSA) is 15.8 Å². The Morgan fingerprint density at radius 3 is 2.53 bits per heavy atom. The summed E-state index contributed by atoms with van der Waals surface area (Å²) in [4.78, 5) is 3.05. The van der Waals surface area contributed by atoms with E-state index in [1.54, 1.807) is 0 Å². The lowest BCUT2D eigenvalue weighted by atomic mass is 10.1. The molecule has 2 aromatic rings. The second-order valence-corrected chi connectivity index (χ2v) is 4.10. The monoisotopic (exact) mass is 215 g/mol. The highest BCUT2D eigenvalue weighted by Crippen LogP contribution is 2.10. The lowest BCUT2D eigenvalue weighted by molar-refractivity contribution is 1.13. The first-order valence-electron chi connectivity index (χ1n) is 4.98. The zero-order chi connectivity index (χ0) is 10.7. The number of H-pyrrole nitrogens is 1. The van der Waals surface area contributed by atoms with Gasteiger partial charge in [-0.3, -0.25) is 0 Å². The highest BCUT2D eigenvalue weighted by Gasteiger charge is 1.97. The zero-order valence-corrected chi connectivity index (χ0v) is 9.47. The van der Waals surface area contributed by atoms with Crippen molar-refractivity contribution in [3.8, 4) is 0 Å². The highest BCUT2D eigenvalue weighted by molar-refractivity contribution is 7.71. The molecular weight excluding hydrogens is 202 g/mol. The number of hydrogen-bond acceptors (Lipinski definition) is 1. The number of aromatic nitrogens is 1. The van der Waals surface area contributed by atoms with Crippen LogP contribution < -0.4 is 0 Å². The molecule has 76 valence electrons. The third-order valence-corrected chi connectivity index (χ3v) is 2.79. The van der Waals surface area contributed by atoms with Gasteiger partial charge in [0.2, 0.25) is 0 Å². The van der Waals surface area contributed by atoms with Crippen LogP contribution in [-0.4, -0.2) is 4.98 Å². The Morgan fingerprint density at radius 2 is 1.87 bits per heavy atom. The Kier molecular flexibility index (Phi) is 2.97. The molecule has 2 rings (SSSR count). The van der Waals surface area contributed by atoms with E-state index < -0.39 is 0 Å². The highest BCUT2D eigenvalue weighted by atomic mass is 32.1. The molecule has 0 atom stereocenters. The average molecular weight is 215 g/mol. The van der Waals surface area contributed by atoms with Gasteiger partial charge in [0.25, 0.3) is 0 Å². The van der Waals surface area contributed by atoms with Crippen molar-refractivity contribution >= 4 is 12.2 Å². The Labute approximate surface area is 94.8 Å². The van der Waals surface area contributed by atoms with Crippen LogP contribution in [0, 0.1) is 11.6 Å². The van der Waals surface area contributed by atoms with Gasteiger partial charge in [0.15, 0.2) is 0 Å². The fourth-order valence-corrected chi connectivity index (χ4v) is 1.73. The van der Waals surface area contributed by atoms with Gasteiger partial charge in [0, 0.05) is 12.6 Å². The van der Waals surface area contributed by atoms with Crippen molar-refractivity contribution in [3.05, 3.63) is 63.9 Å².